The zero-order chi connectivity index (χ0) is 12.7. The van der Waals surface area contributed by atoms with Gasteiger partial charge in [0, 0.05) is 12.0 Å². The lowest BCUT2D eigenvalue weighted by molar-refractivity contribution is 0.202. The van der Waals surface area contributed by atoms with E-state index < -0.39 is 0 Å². The van der Waals surface area contributed by atoms with Crippen LogP contribution >= 0.6 is 15.9 Å². The maximum Gasteiger partial charge on any atom is 0.240 e. The third-order valence-corrected chi connectivity index (χ3v) is 3.37. The van der Waals surface area contributed by atoms with Crippen molar-refractivity contribution >= 4 is 21.9 Å². The fourth-order valence-corrected chi connectivity index (χ4v) is 2.45. The molecule has 0 amide bonds. The number of nitrogens with zero attached hydrogens (tertiary/aromatic N) is 3. The highest BCUT2D eigenvalue weighted by atomic mass is 79.9. The highest BCUT2D eigenvalue weighted by Gasteiger charge is 2.24. The fraction of sp³-hybridized carbons (Fsp3) is 0.273. The smallest absolute Gasteiger partial charge is 0.240 e. The summed E-state index contributed by atoms with van der Waals surface area (Å²) in [6, 6.07) is 4.54. The molecule has 0 radical (unpaired) electrons. The summed E-state index contributed by atoms with van der Waals surface area (Å²) in [5, 5.41) is 4.04. The maximum atomic E-state index is 13.1. The van der Waals surface area contributed by atoms with Crippen LogP contribution in [0.15, 0.2) is 22.9 Å². The van der Waals surface area contributed by atoms with Crippen LogP contribution in [0.4, 0.5) is 10.3 Å². The monoisotopic (exact) mass is 312 g/mol. The fourth-order valence-electron chi connectivity index (χ4n) is 2.04. The highest BCUT2D eigenvalue weighted by molar-refractivity contribution is 9.10. The summed E-state index contributed by atoms with van der Waals surface area (Å²) in [7, 11) is 0. The van der Waals surface area contributed by atoms with Crippen molar-refractivity contribution in [2.24, 2.45) is 0 Å². The molecule has 3 rings (SSSR count). The molecule has 18 heavy (non-hydrogen) atoms. The topological polar surface area (TPSA) is 66.0 Å². The van der Waals surface area contributed by atoms with Crippen molar-refractivity contribution in [1.29, 1.82) is 0 Å². The third-order valence-electron chi connectivity index (χ3n) is 2.78. The number of fused-ring (bicyclic) bond motifs is 1. The van der Waals surface area contributed by atoms with Crippen molar-refractivity contribution in [3.63, 3.8) is 0 Å². The molecular weight excluding hydrogens is 303 g/mol. The van der Waals surface area contributed by atoms with Crippen LogP contribution in [0.5, 0.6) is 5.75 Å². The quantitative estimate of drug-likeness (QED) is 0.917. The largest absolute Gasteiger partial charge is 0.488 e. The molecule has 2 N–H and O–H groups in total. The lowest BCUT2D eigenvalue weighted by Gasteiger charge is -2.10. The third kappa shape index (κ3) is 2.05. The average Bonchev–Trinajstić information content (AvgIpc) is 2.82. The Bertz CT molecular complexity index is 601. The predicted octanol–water partition coefficient (Wildman–Crippen LogP) is 1.77. The van der Waals surface area contributed by atoms with Gasteiger partial charge < -0.3 is 10.5 Å². The molecule has 2 heterocycles. The van der Waals surface area contributed by atoms with Crippen molar-refractivity contribution in [1.82, 2.24) is 14.8 Å². The van der Waals surface area contributed by atoms with Crippen molar-refractivity contribution in [2.45, 2.75) is 19.1 Å². The van der Waals surface area contributed by atoms with Gasteiger partial charge in [-0.3, -0.25) is 0 Å². The molecule has 5 nitrogen and oxygen atoms in total. The lowest BCUT2D eigenvalue weighted by atomic mass is 10.1. The molecule has 94 valence electrons. The van der Waals surface area contributed by atoms with Gasteiger partial charge in [0.05, 0.1) is 6.54 Å². The second-order valence-corrected chi connectivity index (χ2v) is 4.83. The molecule has 0 spiro atoms. The Labute approximate surface area is 111 Å². The molecule has 1 aromatic carbocycles. The van der Waals surface area contributed by atoms with Gasteiger partial charge in [-0.05, 0) is 34.1 Å². The Morgan fingerprint density at radius 2 is 2.39 bits per heavy atom. The molecular formula is C11H10BrFN4O. The van der Waals surface area contributed by atoms with E-state index in [1.54, 1.807) is 10.7 Å². The van der Waals surface area contributed by atoms with Crippen molar-refractivity contribution in [3.8, 4) is 5.75 Å². The van der Waals surface area contributed by atoms with Gasteiger partial charge in [-0.15, -0.1) is 5.10 Å². The second kappa shape index (κ2) is 4.24. The summed E-state index contributed by atoms with van der Waals surface area (Å²) in [6.07, 6.45) is 0.568. The van der Waals surface area contributed by atoms with E-state index in [9.17, 15) is 4.39 Å². The molecule has 1 aromatic heterocycles. The number of hydrogen-bond acceptors (Lipinski definition) is 4. The minimum Gasteiger partial charge on any atom is -0.488 e. The maximum absolute atomic E-state index is 13.1. The van der Waals surface area contributed by atoms with Crippen molar-refractivity contribution in [3.05, 3.63) is 34.3 Å². The number of anilines is 1. The summed E-state index contributed by atoms with van der Waals surface area (Å²) >= 11 is 3.26. The average molecular weight is 313 g/mol. The Hall–Kier alpha value is -1.63. The van der Waals surface area contributed by atoms with E-state index in [1.807, 2.05) is 0 Å². The minimum atomic E-state index is -0.246. The number of nitrogens with two attached hydrogens (primary N) is 1. The molecule has 0 saturated heterocycles. The van der Waals surface area contributed by atoms with Gasteiger partial charge >= 0.3 is 0 Å². The van der Waals surface area contributed by atoms with Crippen LogP contribution in [0.1, 0.15) is 5.56 Å². The zero-order valence-electron chi connectivity index (χ0n) is 9.31. The molecule has 7 heteroatoms. The number of benzene rings is 1. The second-order valence-electron chi connectivity index (χ2n) is 4.12. The van der Waals surface area contributed by atoms with Crippen molar-refractivity contribution < 1.29 is 9.13 Å². The summed E-state index contributed by atoms with van der Waals surface area (Å²) in [4.78, 5) is 3.95. The first-order chi connectivity index (χ1) is 8.61. The van der Waals surface area contributed by atoms with Crippen LogP contribution in [0, 0.1) is 5.82 Å². The summed E-state index contributed by atoms with van der Waals surface area (Å²) < 4.78 is 21.0. The van der Waals surface area contributed by atoms with Gasteiger partial charge in [-0.2, -0.15) is 4.98 Å². The van der Waals surface area contributed by atoms with Crippen LogP contribution in [0.2, 0.25) is 0 Å². The normalized spacial score (nSPS) is 17.6. The van der Waals surface area contributed by atoms with E-state index in [0.717, 1.165) is 11.3 Å². The molecule has 1 aliphatic heterocycles. The highest BCUT2D eigenvalue weighted by Crippen LogP contribution is 2.30. The Kier molecular flexibility index (Phi) is 2.70. The Morgan fingerprint density at radius 3 is 3.11 bits per heavy atom. The van der Waals surface area contributed by atoms with Gasteiger partial charge in [-0.25, -0.2) is 9.07 Å². The van der Waals surface area contributed by atoms with Gasteiger partial charge in [0.1, 0.15) is 17.7 Å². The van der Waals surface area contributed by atoms with E-state index in [2.05, 4.69) is 26.0 Å². The molecule has 1 aliphatic rings. The van der Waals surface area contributed by atoms with E-state index in [0.29, 0.717) is 17.7 Å². The summed E-state index contributed by atoms with van der Waals surface area (Å²) in [5.41, 5.74) is 6.37. The van der Waals surface area contributed by atoms with Gasteiger partial charge in [0.15, 0.2) is 4.73 Å². The predicted molar refractivity (Wildman–Crippen MR) is 66.7 cm³/mol. The number of aromatic nitrogens is 3. The lowest BCUT2D eigenvalue weighted by Crippen LogP contribution is -2.21. The standard InChI is InChI=1S/C11H10BrFN4O/c12-10-15-11(14)16-17(10)5-8-4-6-3-7(13)1-2-9(6)18-8/h1-3,8H,4-5H2,(H2,14,16). The number of hydrogen-bond donors (Lipinski definition) is 1. The number of rotatable bonds is 2. The number of ether oxygens (including phenoxy) is 1. The summed E-state index contributed by atoms with van der Waals surface area (Å²) in [5.74, 6) is 0.693. The van der Waals surface area contributed by atoms with Gasteiger partial charge in [0.25, 0.3) is 0 Å². The van der Waals surface area contributed by atoms with Crippen LogP contribution in [0.25, 0.3) is 0 Å². The molecule has 1 atom stereocenters. The van der Waals surface area contributed by atoms with E-state index in [4.69, 9.17) is 10.5 Å². The first-order valence-corrected chi connectivity index (χ1v) is 6.22. The van der Waals surface area contributed by atoms with E-state index >= 15 is 0 Å². The first kappa shape index (κ1) is 11.5. The number of nitrogen functional groups attached to an aromatic ring is 1. The summed E-state index contributed by atoms with van der Waals surface area (Å²) in [6.45, 7) is 0.515. The van der Waals surface area contributed by atoms with Crippen LogP contribution in [-0.2, 0) is 13.0 Å². The number of halogens is 2. The van der Waals surface area contributed by atoms with E-state index in [-0.39, 0.29) is 17.9 Å². The van der Waals surface area contributed by atoms with Gasteiger partial charge in [0.2, 0.25) is 5.95 Å². The Balaban J connectivity index is 1.76. The molecule has 0 saturated carbocycles. The molecule has 0 fully saturated rings. The van der Waals surface area contributed by atoms with Crippen LogP contribution in [-0.4, -0.2) is 20.9 Å². The van der Waals surface area contributed by atoms with Crippen LogP contribution in [0.3, 0.4) is 0 Å². The molecule has 0 aliphatic carbocycles. The molecule has 0 bridgehead atoms. The van der Waals surface area contributed by atoms with Crippen LogP contribution < -0.4 is 10.5 Å². The minimum absolute atomic E-state index is 0.0841. The zero-order valence-corrected chi connectivity index (χ0v) is 10.9. The molecule has 2 aromatic rings. The first-order valence-electron chi connectivity index (χ1n) is 5.43. The Morgan fingerprint density at radius 1 is 1.56 bits per heavy atom. The van der Waals surface area contributed by atoms with Crippen molar-refractivity contribution in [2.75, 3.05) is 5.73 Å². The SMILES string of the molecule is Nc1nc(Br)n(CC2Cc3cc(F)ccc3O2)n1. The molecule has 1 unspecified atom stereocenters. The van der Waals surface area contributed by atoms with E-state index in [1.165, 1.54) is 12.1 Å². The van der Waals surface area contributed by atoms with Gasteiger partial charge in [-0.1, -0.05) is 0 Å².